The molecule has 6 atom stereocenters. The molecular formula is C16H27NO2. The third-order valence-electron chi connectivity index (χ3n) is 6.69. The van der Waals surface area contributed by atoms with Crippen molar-refractivity contribution in [1.29, 1.82) is 0 Å². The van der Waals surface area contributed by atoms with Gasteiger partial charge in [-0.1, -0.05) is 26.7 Å². The van der Waals surface area contributed by atoms with Gasteiger partial charge in [0.2, 0.25) is 0 Å². The summed E-state index contributed by atoms with van der Waals surface area (Å²) in [5.41, 5.74) is 0.709. The molecule has 3 heteroatoms. The maximum atomic E-state index is 10.5. The van der Waals surface area contributed by atoms with Crippen LogP contribution in [0.5, 0.6) is 0 Å². The number of nitrogens with zero attached hydrogens (tertiary/aromatic N) is 1. The summed E-state index contributed by atoms with van der Waals surface area (Å²) in [7, 11) is 0. The molecular weight excluding hydrogens is 238 g/mol. The standard InChI is InChI=1S/C16H27NO2/c1-3-17-10-15(2)7-5-9-16-8-4-6-11(18)12(13(15)16)19-14(16)17/h11-14,18H,3-10H2,1-2H3/t11-,12+,13-,14?,15+,16+/m1/s1. The Morgan fingerprint density at radius 3 is 2.84 bits per heavy atom. The van der Waals surface area contributed by atoms with Gasteiger partial charge in [-0.05, 0) is 37.6 Å². The number of piperidine rings is 1. The molecule has 108 valence electrons. The summed E-state index contributed by atoms with van der Waals surface area (Å²) >= 11 is 0. The van der Waals surface area contributed by atoms with E-state index < -0.39 is 0 Å². The van der Waals surface area contributed by atoms with E-state index in [1.165, 1.54) is 38.6 Å². The van der Waals surface area contributed by atoms with Gasteiger partial charge < -0.3 is 9.84 Å². The summed E-state index contributed by atoms with van der Waals surface area (Å²) in [6, 6.07) is 0. The lowest BCUT2D eigenvalue weighted by atomic mass is 9.51. The SMILES string of the molecule is CCN1C[C@]2(C)CCC[C@]34CCC[C@@H](O)[C@H](OC13)[C@H]24. The van der Waals surface area contributed by atoms with E-state index in [1.54, 1.807) is 0 Å². The van der Waals surface area contributed by atoms with E-state index in [0.29, 0.717) is 16.7 Å². The Morgan fingerprint density at radius 1 is 1.26 bits per heavy atom. The maximum absolute atomic E-state index is 10.5. The molecule has 0 spiro atoms. The van der Waals surface area contributed by atoms with Gasteiger partial charge in [-0.3, -0.25) is 4.90 Å². The summed E-state index contributed by atoms with van der Waals surface area (Å²) < 4.78 is 6.45. The van der Waals surface area contributed by atoms with Gasteiger partial charge in [-0.2, -0.15) is 0 Å². The lowest BCUT2D eigenvalue weighted by molar-refractivity contribution is -0.159. The molecule has 5 bridgehead atoms. The van der Waals surface area contributed by atoms with Gasteiger partial charge in [0.1, 0.15) is 6.23 Å². The van der Waals surface area contributed by atoms with Gasteiger partial charge in [0.05, 0.1) is 12.2 Å². The second-order valence-electron chi connectivity index (χ2n) is 7.69. The van der Waals surface area contributed by atoms with Crippen LogP contribution in [-0.4, -0.2) is 41.5 Å². The normalized spacial score (nSPS) is 57.0. The van der Waals surface area contributed by atoms with E-state index in [1.807, 2.05) is 0 Å². The Balaban J connectivity index is 1.84. The molecule has 4 rings (SSSR count). The minimum atomic E-state index is -0.230. The molecule has 2 saturated carbocycles. The first-order valence-corrected chi connectivity index (χ1v) is 8.18. The van der Waals surface area contributed by atoms with E-state index in [2.05, 4.69) is 18.7 Å². The van der Waals surface area contributed by atoms with Crippen LogP contribution >= 0.6 is 0 Å². The first kappa shape index (κ1) is 12.6. The topological polar surface area (TPSA) is 32.7 Å². The molecule has 0 radical (unpaired) electrons. The number of likely N-dealkylation sites (tertiary alicyclic amines) is 1. The maximum Gasteiger partial charge on any atom is 0.117 e. The first-order chi connectivity index (χ1) is 9.11. The molecule has 2 aliphatic heterocycles. The third-order valence-corrected chi connectivity index (χ3v) is 6.69. The molecule has 2 aliphatic carbocycles. The fraction of sp³-hybridized carbons (Fsp3) is 1.00. The lowest BCUT2D eigenvalue weighted by Gasteiger charge is -2.59. The van der Waals surface area contributed by atoms with Crippen LogP contribution in [0, 0.1) is 16.7 Å². The molecule has 1 N–H and O–H groups in total. The molecule has 4 fully saturated rings. The Morgan fingerprint density at radius 2 is 2.05 bits per heavy atom. The van der Waals surface area contributed by atoms with Gasteiger partial charge in [0, 0.05) is 17.9 Å². The average Bonchev–Trinajstić information content (AvgIpc) is 2.53. The van der Waals surface area contributed by atoms with E-state index in [-0.39, 0.29) is 18.4 Å². The van der Waals surface area contributed by atoms with E-state index in [9.17, 15) is 5.11 Å². The van der Waals surface area contributed by atoms with Crippen molar-refractivity contribution in [2.24, 2.45) is 16.7 Å². The average molecular weight is 265 g/mol. The van der Waals surface area contributed by atoms with Crippen molar-refractivity contribution in [3.8, 4) is 0 Å². The quantitative estimate of drug-likeness (QED) is 0.790. The van der Waals surface area contributed by atoms with Crippen molar-refractivity contribution in [2.75, 3.05) is 13.1 Å². The number of hydrogen-bond acceptors (Lipinski definition) is 3. The fourth-order valence-corrected chi connectivity index (χ4v) is 6.16. The molecule has 3 nitrogen and oxygen atoms in total. The second-order valence-corrected chi connectivity index (χ2v) is 7.69. The van der Waals surface area contributed by atoms with Crippen LogP contribution in [-0.2, 0) is 4.74 Å². The molecule has 0 aromatic rings. The molecule has 19 heavy (non-hydrogen) atoms. The van der Waals surface area contributed by atoms with Crippen molar-refractivity contribution in [3.05, 3.63) is 0 Å². The van der Waals surface area contributed by atoms with Crippen LogP contribution in [0.4, 0.5) is 0 Å². The third kappa shape index (κ3) is 1.44. The Bertz CT molecular complexity index is 387. The minimum Gasteiger partial charge on any atom is -0.390 e. The Hall–Kier alpha value is -0.120. The summed E-state index contributed by atoms with van der Waals surface area (Å²) in [5, 5.41) is 10.5. The van der Waals surface area contributed by atoms with Gasteiger partial charge in [0.15, 0.2) is 0 Å². The zero-order valence-corrected chi connectivity index (χ0v) is 12.3. The molecule has 2 heterocycles. The smallest absolute Gasteiger partial charge is 0.117 e. The minimum absolute atomic E-state index is 0.106. The van der Waals surface area contributed by atoms with Gasteiger partial charge in [0.25, 0.3) is 0 Å². The highest BCUT2D eigenvalue weighted by atomic mass is 16.5. The summed E-state index contributed by atoms with van der Waals surface area (Å²) in [5.74, 6) is 0.596. The van der Waals surface area contributed by atoms with Gasteiger partial charge in [-0.25, -0.2) is 0 Å². The number of ether oxygens (including phenoxy) is 1. The van der Waals surface area contributed by atoms with Crippen LogP contribution in [0.3, 0.4) is 0 Å². The fourth-order valence-electron chi connectivity index (χ4n) is 6.16. The number of hydrogen-bond donors (Lipinski definition) is 1. The van der Waals surface area contributed by atoms with E-state index >= 15 is 0 Å². The highest BCUT2D eigenvalue weighted by Gasteiger charge is 2.69. The number of aliphatic hydroxyl groups excluding tert-OH is 1. The second kappa shape index (κ2) is 3.96. The number of aliphatic hydroxyl groups is 1. The van der Waals surface area contributed by atoms with Crippen molar-refractivity contribution in [2.45, 2.75) is 70.8 Å². The summed E-state index contributed by atoms with van der Waals surface area (Å²) in [6.45, 7) is 6.97. The van der Waals surface area contributed by atoms with Crippen molar-refractivity contribution in [1.82, 2.24) is 4.90 Å². The van der Waals surface area contributed by atoms with Crippen molar-refractivity contribution >= 4 is 0 Å². The zero-order chi connectivity index (χ0) is 13.3. The molecule has 0 aromatic carbocycles. The zero-order valence-electron chi connectivity index (χ0n) is 12.3. The van der Waals surface area contributed by atoms with Gasteiger partial charge in [-0.15, -0.1) is 0 Å². The summed E-state index contributed by atoms with van der Waals surface area (Å²) in [6.07, 6.45) is 7.54. The van der Waals surface area contributed by atoms with E-state index in [0.717, 1.165) is 13.0 Å². The summed E-state index contributed by atoms with van der Waals surface area (Å²) in [4.78, 5) is 2.56. The predicted molar refractivity (Wildman–Crippen MR) is 73.6 cm³/mol. The Labute approximate surface area is 116 Å². The van der Waals surface area contributed by atoms with Crippen molar-refractivity contribution in [3.63, 3.8) is 0 Å². The number of rotatable bonds is 1. The molecule has 1 unspecified atom stereocenters. The highest BCUT2D eigenvalue weighted by molar-refractivity contribution is 5.16. The molecule has 2 saturated heterocycles. The van der Waals surface area contributed by atoms with E-state index in [4.69, 9.17) is 4.74 Å². The van der Waals surface area contributed by atoms with Crippen LogP contribution in [0.2, 0.25) is 0 Å². The van der Waals surface area contributed by atoms with Gasteiger partial charge >= 0.3 is 0 Å². The molecule has 4 aliphatic rings. The highest BCUT2D eigenvalue weighted by Crippen LogP contribution is 2.67. The van der Waals surface area contributed by atoms with Crippen LogP contribution in [0.25, 0.3) is 0 Å². The van der Waals surface area contributed by atoms with Crippen LogP contribution < -0.4 is 0 Å². The van der Waals surface area contributed by atoms with Crippen molar-refractivity contribution < 1.29 is 9.84 Å². The molecule has 0 aromatic heterocycles. The Kier molecular flexibility index (Phi) is 2.63. The lowest BCUT2D eigenvalue weighted by Crippen LogP contribution is -2.62. The van der Waals surface area contributed by atoms with Crippen LogP contribution in [0.15, 0.2) is 0 Å². The van der Waals surface area contributed by atoms with Crippen LogP contribution in [0.1, 0.15) is 52.4 Å². The first-order valence-electron chi connectivity index (χ1n) is 8.18. The molecule has 0 amide bonds. The predicted octanol–water partition coefficient (Wildman–Crippen LogP) is 2.38. The largest absolute Gasteiger partial charge is 0.390 e. The monoisotopic (exact) mass is 265 g/mol.